The Kier molecular flexibility index (Phi) is 3.85. The maximum Gasteiger partial charge on any atom is 0.0681 e. The Morgan fingerprint density at radius 1 is 0.889 bits per heavy atom. The molecule has 18 heavy (non-hydrogen) atoms. The van der Waals surface area contributed by atoms with Crippen LogP contribution in [0.3, 0.4) is 0 Å². The number of nitrogens with zero attached hydrogens (tertiary/aromatic N) is 1. The summed E-state index contributed by atoms with van der Waals surface area (Å²) < 4.78 is 0. The van der Waals surface area contributed by atoms with E-state index in [2.05, 4.69) is 34.5 Å². The third-order valence-electron chi connectivity index (χ3n) is 2.81. The lowest BCUT2D eigenvalue weighted by Crippen LogP contribution is -2.08. The van der Waals surface area contributed by atoms with E-state index >= 15 is 0 Å². The molecule has 0 saturated heterocycles. The lowest BCUT2D eigenvalue weighted by Gasteiger charge is -2.13. The summed E-state index contributed by atoms with van der Waals surface area (Å²) in [6, 6.07) is 16.0. The zero-order chi connectivity index (χ0) is 13.0. The normalized spacial score (nSPS) is 10.2. The van der Waals surface area contributed by atoms with E-state index < -0.39 is 0 Å². The van der Waals surface area contributed by atoms with E-state index in [1.165, 1.54) is 5.69 Å². The molecular weight excluding hydrogens is 224 g/mol. The van der Waals surface area contributed by atoms with Gasteiger partial charge in [0.1, 0.15) is 0 Å². The van der Waals surface area contributed by atoms with Gasteiger partial charge in [-0.15, -0.1) is 0 Å². The Labute approximate surface area is 108 Å². The molecule has 0 aliphatic heterocycles. The third-order valence-corrected chi connectivity index (χ3v) is 2.81. The minimum absolute atomic E-state index is 0.0812. The van der Waals surface area contributed by atoms with Crippen LogP contribution in [0.4, 0.5) is 17.1 Å². The molecule has 3 nitrogen and oxygen atoms in total. The smallest absolute Gasteiger partial charge is 0.0681 e. The highest BCUT2D eigenvalue weighted by Gasteiger charge is 1.97. The van der Waals surface area contributed by atoms with Gasteiger partial charge in [-0.25, -0.2) is 0 Å². The van der Waals surface area contributed by atoms with Crippen LogP contribution in [0.2, 0.25) is 0 Å². The molecule has 2 N–H and O–H groups in total. The molecule has 0 saturated carbocycles. The second kappa shape index (κ2) is 5.56. The summed E-state index contributed by atoms with van der Waals surface area (Å²) in [6.45, 7) is 0.0812. The van der Waals surface area contributed by atoms with Crippen LogP contribution in [0.1, 0.15) is 5.56 Å². The van der Waals surface area contributed by atoms with Gasteiger partial charge in [-0.2, -0.15) is 0 Å². The monoisotopic (exact) mass is 242 g/mol. The van der Waals surface area contributed by atoms with Crippen LogP contribution in [-0.4, -0.2) is 19.2 Å². The molecule has 2 aromatic rings. The Balaban J connectivity index is 2.08. The molecule has 0 radical (unpaired) electrons. The standard InChI is InChI=1S/C15H18N2O/c1-17(2)15-9-7-14(8-10-15)16-13-5-3-12(11-18)4-6-13/h3-10,16,18H,11H2,1-2H3. The molecule has 0 aliphatic rings. The summed E-state index contributed by atoms with van der Waals surface area (Å²) in [6.07, 6.45) is 0. The van der Waals surface area contributed by atoms with Crippen molar-refractivity contribution in [3.05, 3.63) is 54.1 Å². The number of hydrogen-bond acceptors (Lipinski definition) is 3. The van der Waals surface area contributed by atoms with Gasteiger partial charge in [-0.3, -0.25) is 0 Å². The average molecular weight is 242 g/mol. The topological polar surface area (TPSA) is 35.5 Å². The fourth-order valence-electron chi connectivity index (χ4n) is 1.70. The van der Waals surface area contributed by atoms with Crippen LogP contribution in [0.15, 0.2) is 48.5 Å². The fraction of sp³-hybridized carbons (Fsp3) is 0.200. The number of anilines is 3. The summed E-state index contributed by atoms with van der Waals surface area (Å²) in [5, 5.41) is 12.3. The van der Waals surface area contributed by atoms with Crippen LogP contribution < -0.4 is 10.2 Å². The quantitative estimate of drug-likeness (QED) is 0.865. The summed E-state index contributed by atoms with van der Waals surface area (Å²) in [5.41, 5.74) is 4.17. The van der Waals surface area contributed by atoms with E-state index in [1.54, 1.807) is 0 Å². The van der Waals surface area contributed by atoms with E-state index in [-0.39, 0.29) is 6.61 Å². The lowest BCUT2D eigenvalue weighted by atomic mass is 10.2. The lowest BCUT2D eigenvalue weighted by molar-refractivity contribution is 0.282. The van der Waals surface area contributed by atoms with Gasteiger partial charge in [0.05, 0.1) is 6.61 Å². The van der Waals surface area contributed by atoms with Gasteiger partial charge in [0.25, 0.3) is 0 Å². The minimum atomic E-state index is 0.0812. The molecule has 0 aliphatic carbocycles. The number of rotatable bonds is 4. The number of aliphatic hydroxyl groups is 1. The first-order valence-electron chi connectivity index (χ1n) is 5.93. The van der Waals surface area contributed by atoms with Crippen LogP contribution in [0, 0.1) is 0 Å². The Hall–Kier alpha value is -2.00. The van der Waals surface area contributed by atoms with Gasteiger partial charge in [0, 0.05) is 31.2 Å². The summed E-state index contributed by atoms with van der Waals surface area (Å²) in [7, 11) is 4.05. The first-order chi connectivity index (χ1) is 8.69. The molecule has 0 amide bonds. The van der Waals surface area contributed by atoms with Crippen molar-refractivity contribution in [3.8, 4) is 0 Å². The van der Waals surface area contributed by atoms with Gasteiger partial charge in [0.15, 0.2) is 0 Å². The first-order valence-corrected chi connectivity index (χ1v) is 5.93. The zero-order valence-corrected chi connectivity index (χ0v) is 10.7. The van der Waals surface area contributed by atoms with Gasteiger partial charge in [0.2, 0.25) is 0 Å². The van der Waals surface area contributed by atoms with Gasteiger partial charge >= 0.3 is 0 Å². The Bertz CT molecular complexity index is 489. The van der Waals surface area contributed by atoms with Gasteiger partial charge < -0.3 is 15.3 Å². The van der Waals surface area contributed by atoms with Crippen LogP contribution in [-0.2, 0) is 6.61 Å². The zero-order valence-electron chi connectivity index (χ0n) is 10.7. The molecule has 2 rings (SSSR count). The highest BCUT2D eigenvalue weighted by molar-refractivity contribution is 5.62. The maximum absolute atomic E-state index is 8.98. The highest BCUT2D eigenvalue weighted by atomic mass is 16.3. The Morgan fingerprint density at radius 3 is 1.83 bits per heavy atom. The predicted molar refractivity (Wildman–Crippen MR) is 76.4 cm³/mol. The van der Waals surface area contributed by atoms with Crippen molar-refractivity contribution >= 4 is 17.1 Å². The van der Waals surface area contributed by atoms with Crippen LogP contribution >= 0.6 is 0 Å². The van der Waals surface area contributed by atoms with Crippen molar-refractivity contribution in [1.29, 1.82) is 0 Å². The van der Waals surface area contributed by atoms with E-state index in [0.29, 0.717) is 0 Å². The Morgan fingerprint density at radius 2 is 1.39 bits per heavy atom. The van der Waals surface area contributed by atoms with Gasteiger partial charge in [-0.1, -0.05) is 12.1 Å². The highest BCUT2D eigenvalue weighted by Crippen LogP contribution is 2.20. The summed E-state index contributed by atoms with van der Waals surface area (Å²) >= 11 is 0. The van der Waals surface area contributed by atoms with Crippen molar-refractivity contribution in [2.24, 2.45) is 0 Å². The number of benzene rings is 2. The number of aliphatic hydroxyl groups excluding tert-OH is 1. The molecule has 3 heteroatoms. The van der Waals surface area contributed by atoms with Crippen molar-refractivity contribution in [2.45, 2.75) is 6.61 Å². The van der Waals surface area contributed by atoms with Gasteiger partial charge in [-0.05, 0) is 42.0 Å². The van der Waals surface area contributed by atoms with Crippen molar-refractivity contribution in [1.82, 2.24) is 0 Å². The average Bonchev–Trinajstić information content (AvgIpc) is 2.40. The van der Waals surface area contributed by atoms with E-state index in [0.717, 1.165) is 16.9 Å². The van der Waals surface area contributed by atoms with E-state index in [4.69, 9.17) is 5.11 Å². The largest absolute Gasteiger partial charge is 0.392 e. The fourth-order valence-corrected chi connectivity index (χ4v) is 1.70. The third kappa shape index (κ3) is 3.02. The molecule has 0 spiro atoms. The summed E-state index contributed by atoms with van der Waals surface area (Å²) in [4.78, 5) is 2.07. The molecule has 0 bridgehead atoms. The van der Waals surface area contributed by atoms with E-state index in [9.17, 15) is 0 Å². The molecule has 94 valence electrons. The van der Waals surface area contributed by atoms with Crippen LogP contribution in [0.25, 0.3) is 0 Å². The number of nitrogens with one attached hydrogen (secondary N) is 1. The molecule has 2 aromatic carbocycles. The maximum atomic E-state index is 8.98. The van der Waals surface area contributed by atoms with E-state index in [1.807, 2.05) is 38.4 Å². The molecule has 0 aromatic heterocycles. The minimum Gasteiger partial charge on any atom is -0.392 e. The second-order valence-electron chi connectivity index (χ2n) is 4.42. The second-order valence-corrected chi connectivity index (χ2v) is 4.42. The van der Waals surface area contributed by atoms with Crippen molar-refractivity contribution < 1.29 is 5.11 Å². The first kappa shape index (κ1) is 12.5. The molecule has 0 atom stereocenters. The number of hydrogen-bond donors (Lipinski definition) is 2. The van der Waals surface area contributed by atoms with Crippen molar-refractivity contribution in [2.75, 3.05) is 24.3 Å². The van der Waals surface area contributed by atoms with Crippen molar-refractivity contribution in [3.63, 3.8) is 0 Å². The molecular formula is C15H18N2O. The summed E-state index contributed by atoms with van der Waals surface area (Å²) in [5.74, 6) is 0. The molecule has 0 heterocycles. The predicted octanol–water partition coefficient (Wildman–Crippen LogP) is 2.99. The molecule has 0 unspecified atom stereocenters. The molecule has 0 fully saturated rings. The van der Waals surface area contributed by atoms with Crippen LogP contribution in [0.5, 0.6) is 0 Å². The SMILES string of the molecule is CN(C)c1ccc(Nc2ccc(CO)cc2)cc1.